The summed E-state index contributed by atoms with van der Waals surface area (Å²) in [5.74, 6) is 0.614. The largest absolute Gasteiger partial charge is 0.351 e. The Bertz CT molecular complexity index is 1200. The first-order chi connectivity index (χ1) is 16.6. The van der Waals surface area contributed by atoms with Crippen LogP contribution < -0.4 is 10.5 Å². The van der Waals surface area contributed by atoms with E-state index in [-0.39, 0.29) is 17.4 Å². The van der Waals surface area contributed by atoms with Crippen LogP contribution in [-0.4, -0.2) is 64.5 Å². The summed E-state index contributed by atoms with van der Waals surface area (Å²) in [6.45, 7) is 8.15. The van der Waals surface area contributed by atoms with Crippen molar-refractivity contribution in [2.24, 2.45) is 5.92 Å². The molecule has 3 aromatic rings. The molecular formula is C27H33N5O2. The van der Waals surface area contributed by atoms with Crippen molar-refractivity contribution in [1.29, 1.82) is 0 Å². The third-order valence-electron chi connectivity index (χ3n) is 7.15. The van der Waals surface area contributed by atoms with Gasteiger partial charge in [0.25, 0.3) is 5.56 Å². The maximum absolute atomic E-state index is 13.4. The molecule has 0 saturated carbocycles. The summed E-state index contributed by atoms with van der Waals surface area (Å²) < 4.78 is 1.79. The zero-order valence-corrected chi connectivity index (χ0v) is 19.9. The number of carbonyl (C=O) groups excluding carboxylic acids is 1. The number of para-hydroxylation sites is 2. The lowest BCUT2D eigenvalue weighted by atomic mass is 9.96. The van der Waals surface area contributed by atoms with E-state index in [4.69, 9.17) is 4.98 Å². The maximum Gasteiger partial charge on any atom is 0.293 e. The second kappa shape index (κ2) is 9.97. The highest BCUT2D eigenvalue weighted by molar-refractivity contribution is 5.80. The van der Waals surface area contributed by atoms with Crippen LogP contribution in [-0.2, 0) is 17.9 Å². The zero-order chi connectivity index (χ0) is 23.5. The molecule has 0 aliphatic carbocycles. The lowest BCUT2D eigenvalue weighted by Crippen LogP contribution is -2.52. The second-order valence-corrected chi connectivity index (χ2v) is 9.35. The van der Waals surface area contributed by atoms with Crippen LogP contribution in [0.1, 0.15) is 25.3 Å². The molecule has 5 rings (SSSR count). The zero-order valence-electron chi connectivity index (χ0n) is 19.9. The highest BCUT2D eigenvalue weighted by atomic mass is 16.2. The molecule has 1 amide bonds. The molecule has 0 N–H and O–H groups in total. The number of anilines is 1. The third kappa shape index (κ3) is 4.57. The lowest BCUT2D eigenvalue weighted by molar-refractivity contribution is -0.137. The van der Waals surface area contributed by atoms with Crippen LogP contribution in [0.15, 0.2) is 59.4 Å². The molecule has 2 aromatic carbocycles. The van der Waals surface area contributed by atoms with Crippen LogP contribution in [0.3, 0.4) is 0 Å². The summed E-state index contributed by atoms with van der Waals surface area (Å²) >= 11 is 0. The number of aromatic nitrogens is 2. The molecule has 2 aliphatic rings. The molecule has 0 bridgehead atoms. The number of carbonyl (C=O) groups is 1. The molecule has 2 fully saturated rings. The van der Waals surface area contributed by atoms with Crippen LogP contribution in [0, 0.1) is 5.92 Å². The van der Waals surface area contributed by atoms with E-state index in [0.717, 1.165) is 63.1 Å². The van der Waals surface area contributed by atoms with Gasteiger partial charge >= 0.3 is 0 Å². The number of nitrogens with zero attached hydrogens (tertiary/aromatic N) is 5. The quantitative estimate of drug-likeness (QED) is 0.587. The smallest absolute Gasteiger partial charge is 0.293 e. The fraction of sp³-hybridized carbons (Fsp3) is 0.444. The summed E-state index contributed by atoms with van der Waals surface area (Å²) in [6.07, 6.45) is 1.76. The van der Waals surface area contributed by atoms with E-state index in [9.17, 15) is 9.59 Å². The van der Waals surface area contributed by atoms with E-state index in [1.807, 2.05) is 47.1 Å². The first kappa shape index (κ1) is 22.6. The number of piperidine rings is 1. The molecule has 0 radical (unpaired) electrons. The van der Waals surface area contributed by atoms with Gasteiger partial charge < -0.3 is 14.4 Å². The number of fused-ring (bicyclic) bond motifs is 1. The standard InChI is InChI=1S/C27H33N5O2/c1-2-32-24-13-7-6-12-23(24)28-25(27(32)34)31-14-8-11-22(20-31)26(33)30-17-15-29(16-18-30)19-21-9-4-3-5-10-21/h3-7,9-10,12-13,22H,2,8,11,14-20H2,1H3/t22-/m1/s1. The van der Waals surface area contributed by atoms with Gasteiger partial charge in [0.05, 0.1) is 17.0 Å². The molecule has 1 atom stereocenters. The van der Waals surface area contributed by atoms with Gasteiger partial charge in [-0.05, 0) is 37.5 Å². The fourth-order valence-electron chi connectivity index (χ4n) is 5.30. The molecule has 1 aromatic heterocycles. The van der Waals surface area contributed by atoms with Gasteiger partial charge in [-0.15, -0.1) is 0 Å². The predicted octanol–water partition coefficient (Wildman–Crippen LogP) is 2.98. The number of amides is 1. The van der Waals surface area contributed by atoms with Crippen LogP contribution in [0.25, 0.3) is 11.0 Å². The van der Waals surface area contributed by atoms with E-state index in [0.29, 0.717) is 18.9 Å². The van der Waals surface area contributed by atoms with E-state index < -0.39 is 0 Å². The minimum atomic E-state index is -0.0860. The summed E-state index contributed by atoms with van der Waals surface area (Å²) in [4.78, 5) is 37.8. The van der Waals surface area contributed by atoms with Gasteiger partial charge in [0.15, 0.2) is 5.82 Å². The van der Waals surface area contributed by atoms with Gasteiger partial charge in [0.1, 0.15) is 0 Å². The fourth-order valence-corrected chi connectivity index (χ4v) is 5.30. The van der Waals surface area contributed by atoms with Gasteiger partial charge in [-0.3, -0.25) is 14.5 Å². The van der Waals surface area contributed by atoms with Crippen molar-refractivity contribution in [3.63, 3.8) is 0 Å². The van der Waals surface area contributed by atoms with Gasteiger partial charge in [0.2, 0.25) is 5.91 Å². The number of benzene rings is 2. The summed E-state index contributed by atoms with van der Waals surface area (Å²) in [5, 5.41) is 0. The maximum atomic E-state index is 13.4. The highest BCUT2D eigenvalue weighted by Crippen LogP contribution is 2.24. The average Bonchev–Trinajstić information content (AvgIpc) is 2.89. The Morgan fingerprint density at radius 2 is 1.71 bits per heavy atom. The van der Waals surface area contributed by atoms with Gasteiger partial charge in [-0.2, -0.15) is 0 Å². The Labute approximate surface area is 200 Å². The molecule has 7 nitrogen and oxygen atoms in total. The van der Waals surface area contributed by atoms with Crippen molar-refractivity contribution >= 4 is 22.8 Å². The molecule has 34 heavy (non-hydrogen) atoms. The Balaban J connectivity index is 1.26. The van der Waals surface area contributed by atoms with Crippen molar-refractivity contribution in [3.05, 3.63) is 70.5 Å². The third-order valence-corrected chi connectivity index (χ3v) is 7.15. The van der Waals surface area contributed by atoms with E-state index in [2.05, 4.69) is 29.2 Å². The molecule has 178 valence electrons. The normalized spacial score (nSPS) is 19.5. The number of aryl methyl sites for hydroxylation is 1. The van der Waals surface area contributed by atoms with Crippen LogP contribution in [0.2, 0.25) is 0 Å². The van der Waals surface area contributed by atoms with Crippen molar-refractivity contribution in [2.45, 2.75) is 32.9 Å². The first-order valence-electron chi connectivity index (χ1n) is 12.4. The summed E-state index contributed by atoms with van der Waals surface area (Å²) in [7, 11) is 0. The molecule has 0 spiro atoms. The molecule has 7 heteroatoms. The summed E-state index contributed by atoms with van der Waals surface area (Å²) in [6, 6.07) is 18.3. The van der Waals surface area contributed by atoms with Crippen molar-refractivity contribution in [1.82, 2.24) is 19.4 Å². The minimum absolute atomic E-state index is 0.0659. The predicted molar refractivity (Wildman–Crippen MR) is 135 cm³/mol. The topological polar surface area (TPSA) is 61.7 Å². The first-order valence-corrected chi connectivity index (χ1v) is 12.4. The molecule has 3 heterocycles. The minimum Gasteiger partial charge on any atom is -0.351 e. The van der Waals surface area contributed by atoms with Crippen LogP contribution >= 0.6 is 0 Å². The Hall–Kier alpha value is -3.19. The SMILES string of the molecule is CCn1c(=O)c(N2CCC[C@@H](C(=O)N3CCN(Cc4ccccc4)CC3)C2)nc2ccccc21. The van der Waals surface area contributed by atoms with E-state index in [1.54, 1.807) is 4.57 Å². The number of hydrogen-bond acceptors (Lipinski definition) is 5. The summed E-state index contributed by atoms with van der Waals surface area (Å²) in [5.41, 5.74) is 2.92. The van der Waals surface area contributed by atoms with E-state index in [1.165, 1.54) is 5.56 Å². The van der Waals surface area contributed by atoms with Crippen molar-refractivity contribution in [3.8, 4) is 0 Å². The Morgan fingerprint density at radius 1 is 0.971 bits per heavy atom. The van der Waals surface area contributed by atoms with Gasteiger partial charge in [-0.25, -0.2) is 4.98 Å². The molecule has 2 saturated heterocycles. The Morgan fingerprint density at radius 3 is 2.47 bits per heavy atom. The lowest BCUT2D eigenvalue weighted by Gasteiger charge is -2.39. The number of hydrogen-bond donors (Lipinski definition) is 0. The average molecular weight is 460 g/mol. The van der Waals surface area contributed by atoms with Crippen LogP contribution in [0.4, 0.5) is 5.82 Å². The van der Waals surface area contributed by atoms with Gasteiger partial charge in [-0.1, -0.05) is 42.5 Å². The molecular weight excluding hydrogens is 426 g/mol. The van der Waals surface area contributed by atoms with E-state index >= 15 is 0 Å². The van der Waals surface area contributed by atoms with Crippen LogP contribution in [0.5, 0.6) is 0 Å². The van der Waals surface area contributed by atoms with Crippen molar-refractivity contribution in [2.75, 3.05) is 44.2 Å². The molecule has 0 unspecified atom stereocenters. The monoisotopic (exact) mass is 459 g/mol. The Kier molecular flexibility index (Phi) is 6.63. The van der Waals surface area contributed by atoms with Crippen molar-refractivity contribution < 1.29 is 4.79 Å². The highest BCUT2D eigenvalue weighted by Gasteiger charge is 2.32. The number of rotatable bonds is 5. The second-order valence-electron chi connectivity index (χ2n) is 9.35. The van der Waals surface area contributed by atoms with Gasteiger partial charge in [0, 0.05) is 52.4 Å². The molecule has 2 aliphatic heterocycles. The number of piperazine rings is 1.